The fourth-order valence-electron chi connectivity index (χ4n) is 10.3. The molecule has 2 fully saturated rings. The SMILES string of the molecule is CCOP(=O)(OCC)N1CCCN(P(=O)(OCC)OCC)CCN(P(=O)(OCC)OCC)CCCN(Cc2ccc(CN3CCCN(P(=O)(OCC)OCC)CCN(P(=O)(OCC)OCC)CCCN(P(=O)(OCC)OCC)CC3)c(C(=O)OC)c2)CC1. The molecule has 28 nitrogen and oxygen atoms in total. The molecule has 1 aromatic carbocycles. The first-order valence-electron chi connectivity index (χ1n) is 31.6. The van der Waals surface area contributed by atoms with Gasteiger partial charge in [0.15, 0.2) is 0 Å². The van der Waals surface area contributed by atoms with E-state index in [2.05, 4.69) is 9.80 Å². The normalized spacial score (nSPS) is 19.0. The van der Waals surface area contributed by atoms with Crippen molar-refractivity contribution in [1.82, 2.24) is 37.8 Å². The van der Waals surface area contributed by atoms with E-state index < -0.39 is 52.4 Å². The summed E-state index contributed by atoms with van der Waals surface area (Å²) in [5.41, 5.74) is 1.74. The van der Waals surface area contributed by atoms with Gasteiger partial charge in [0.1, 0.15) is 0 Å². The number of hydrogen-bond donors (Lipinski definition) is 0. The number of carbonyl (C=O) groups is 1. The van der Waals surface area contributed by atoms with Crippen LogP contribution in [0.1, 0.15) is 130 Å². The fraction of sp³-hybridized carbons (Fsp3) is 0.870. The van der Waals surface area contributed by atoms with Crippen LogP contribution >= 0.6 is 46.5 Å². The minimum absolute atomic E-state index is 0.0997. The van der Waals surface area contributed by atoms with Gasteiger partial charge in [-0.25, -0.2) is 60.2 Å². The molecular weight excluding hydrogens is 1270 g/mol. The molecule has 1 aromatic rings. The molecule has 0 aliphatic carbocycles. The average Bonchev–Trinajstić information content (AvgIpc) is 3.65. The van der Waals surface area contributed by atoms with Gasteiger partial charge in [-0.15, -0.1) is 0 Å². The van der Waals surface area contributed by atoms with Crippen molar-refractivity contribution in [3.05, 3.63) is 34.9 Å². The van der Waals surface area contributed by atoms with Gasteiger partial charge in [0.25, 0.3) is 0 Å². The lowest BCUT2D eigenvalue weighted by molar-refractivity contribution is 0.0597. The van der Waals surface area contributed by atoms with Gasteiger partial charge in [0.2, 0.25) is 0 Å². The van der Waals surface area contributed by atoms with Crippen molar-refractivity contribution in [2.24, 2.45) is 0 Å². The molecule has 34 heteroatoms. The Morgan fingerprint density at radius 3 is 0.795 bits per heavy atom. The Balaban J connectivity index is 2.19. The standard InChI is InChI=1S/C54H110N8O20P6/c1-14-71-83(64,72-15-2)57-36-28-38-61(87(68,79-22-9)80-23-10)46-44-59(85(66,75-18-5)76-19-6)34-26-32-55(40-42-57)49-51-30-31-52(53(48-51)54(63)70-13)50-56-33-27-35-60(86(67,77-20-7)78-21-8)45-47-62(88(69,81-24-11)82-25-12)39-29-37-58(43-41-56)84(65,73-16-3)74-17-4/h30-31,48H,14-29,32-47,49-50H2,1-13H3. The summed E-state index contributed by atoms with van der Waals surface area (Å²) in [6.45, 7) is 26.5. The maximum atomic E-state index is 14.7. The second-order valence-electron chi connectivity index (χ2n) is 20.0. The number of carbonyl (C=O) groups excluding carboxylic acids is 1. The molecule has 0 radical (unpaired) electrons. The molecule has 2 heterocycles. The van der Waals surface area contributed by atoms with Gasteiger partial charge in [-0.05, 0) is 139 Å². The number of esters is 1. The Morgan fingerprint density at radius 1 is 0.330 bits per heavy atom. The molecule has 3 rings (SSSR count). The Labute approximate surface area is 527 Å². The molecule has 2 aliphatic heterocycles. The molecule has 0 spiro atoms. The van der Waals surface area contributed by atoms with E-state index in [0.29, 0.717) is 69.5 Å². The van der Waals surface area contributed by atoms with Crippen molar-refractivity contribution in [3.63, 3.8) is 0 Å². The van der Waals surface area contributed by atoms with Crippen molar-refractivity contribution in [1.29, 1.82) is 0 Å². The molecule has 0 bridgehead atoms. The van der Waals surface area contributed by atoms with E-state index in [1.54, 1.807) is 111 Å². The van der Waals surface area contributed by atoms with Crippen molar-refractivity contribution < 1.29 is 91.2 Å². The highest BCUT2D eigenvalue weighted by Crippen LogP contribution is 2.58. The van der Waals surface area contributed by atoms with Crippen molar-refractivity contribution in [2.45, 2.75) is 122 Å². The van der Waals surface area contributed by atoms with E-state index in [4.69, 9.17) is 59.0 Å². The largest absolute Gasteiger partial charge is 0.465 e. The average molecular weight is 1380 g/mol. The van der Waals surface area contributed by atoms with Gasteiger partial charge in [-0.1, -0.05) is 12.1 Å². The molecule has 2 aliphatic rings. The van der Waals surface area contributed by atoms with E-state index in [1.807, 2.05) is 18.2 Å². The second kappa shape index (κ2) is 42.7. The first-order chi connectivity index (χ1) is 42.1. The monoisotopic (exact) mass is 1380 g/mol. The molecule has 0 N–H and O–H groups in total. The molecule has 0 saturated carbocycles. The summed E-state index contributed by atoms with van der Waals surface area (Å²) in [7, 11) is -21.9. The van der Waals surface area contributed by atoms with Gasteiger partial charge >= 0.3 is 52.4 Å². The highest BCUT2D eigenvalue weighted by molar-refractivity contribution is 7.52. The third kappa shape index (κ3) is 25.4. The van der Waals surface area contributed by atoms with Crippen LogP contribution in [0.4, 0.5) is 0 Å². The van der Waals surface area contributed by atoms with Gasteiger partial charge in [0, 0.05) is 105 Å². The smallest absolute Gasteiger partial charge is 0.408 e. The number of methoxy groups -OCH3 is 1. The van der Waals surface area contributed by atoms with Gasteiger partial charge in [-0.2, -0.15) is 0 Å². The predicted molar refractivity (Wildman–Crippen MR) is 341 cm³/mol. The highest BCUT2D eigenvalue weighted by Gasteiger charge is 2.42. The predicted octanol–water partition coefficient (Wildman–Crippen LogP) is 11.6. The van der Waals surface area contributed by atoms with Crippen molar-refractivity contribution in [2.75, 3.05) is 191 Å². The first kappa shape index (κ1) is 81.5. The summed E-state index contributed by atoms with van der Waals surface area (Å²) >= 11 is 0. The number of benzene rings is 1. The van der Waals surface area contributed by atoms with Crippen LogP contribution in [0.3, 0.4) is 0 Å². The number of hydrogen-bond acceptors (Lipinski definition) is 22. The van der Waals surface area contributed by atoms with Crippen LogP contribution in [0, 0.1) is 0 Å². The van der Waals surface area contributed by atoms with Gasteiger partial charge in [0.05, 0.1) is 92.0 Å². The van der Waals surface area contributed by atoms with Gasteiger partial charge in [-0.3, -0.25) is 64.1 Å². The van der Waals surface area contributed by atoms with E-state index in [9.17, 15) is 32.2 Å². The van der Waals surface area contributed by atoms with Crippen LogP contribution in [0.25, 0.3) is 0 Å². The van der Waals surface area contributed by atoms with Crippen LogP contribution in [0.15, 0.2) is 18.2 Å². The van der Waals surface area contributed by atoms with Crippen LogP contribution in [-0.4, -0.2) is 235 Å². The molecule has 0 unspecified atom stereocenters. The van der Waals surface area contributed by atoms with E-state index in [-0.39, 0.29) is 164 Å². The summed E-state index contributed by atoms with van der Waals surface area (Å²) in [5, 5.41) is 0. The number of ether oxygens (including phenoxy) is 1. The summed E-state index contributed by atoms with van der Waals surface area (Å²) in [5.74, 6) is -0.564. The van der Waals surface area contributed by atoms with E-state index in [0.717, 1.165) is 5.56 Å². The first-order valence-corrected chi connectivity index (χ1v) is 40.6. The van der Waals surface area contributed by atoms with E-state index >= 15 is 0 Å². The number of rotatable bonds is 35. The lowest BCUT2D eigenvalue weighted by Crippen LogP contribution is -2.40. The highest BCUT2D eigenvalue weighted by atomic mass is 31.2. The van der Waals surface area contributed by atoms with Crippen LogP contribution in [0.2, 0.25) is 0 Å². The van der Waals surface area contributed by atoms with Crippen LogP contribution in [0.5, 0.6) is 0 Å². The molecule has 2 saturated heterocycles. The summed E-state index contributed by atoms with van der Waals surface area (Å²) in [6, 6.07) is 5.67. The summed E-state index contributed by atoms with van der Waals surface area (Å²) < 4.78 is 174. The molecule has 516 valence electrons. The minimum Gasteiger partial charge on any atom is -0.465 e. The van der Waals surface area contributed by atoms with Crippen molar-refractivity contribution >= 4 is 52.4 Å². The quantitative estimate of drug-likeness (QED) is 0.0451. The van der Waals surface area contributed by atoms with Gasteiger partial charge < -0.3 is 4.74 Å². The molecular formula is C54H110N8O20P6. The summed E-state index contributed by atoms with van der Waals surface area (Å²) in [4.78, 5) is 18.4. The Hall–Kier alpha value is -0.730. The lowest BCUT2D eigenvalue weighted by Gasteiger charge is -2.36. The fourth-order valence-corrected chi connectivity index (χ4v) is 20.9. The van der Waals surface area contributed by atoms with Crippen LogP contribution < -0.4 is 0 Å². The minimum atomic E-state index is -3.88. The maximum absolute atomic E-state index is 14.7. The second-order valence-corrected chi connectivity index (χ2v) is 32.1. The lowest BCUT2D eigenvalue weighted by atomic mass is 10.0. The maximum Gasteiger partial charge on any atom is 0.408 e. The third-order valence-electron chi connectivity index (χ3n) is 14.0. The zero-order valence-corrected chi connectivity index (χ0v) is 60.6. The third-order valence-corrected chi connectivity index (χ3v) is 27.6. The molecule has 0 aromatic heterocycles. The van der Waals surface area contributed by atoms with Crippen LogP contribution in [-0.2, 0) is 99.5 Å². The topological polar surface area (TPSA) is 265 Å². The molecule has 88 heavy (non-hydrogen) atoms. The summed E-state index contributed by atoms with van der Waals surface area (Å²) in [6.07, 6.45) is 1.54. The Kier molecular flexibility index (Phi) is 39.5. The Morgan fingerprint density at radius 2 is 0.557 bits per heavy atom. The van der Waals surface area contributed by atoms with Crippen molar-refractivity contribution in [3.8, 4) is 0 Å². The molecule has 0 amide bonds. The number of nitrogens with zero attached hydrogens (tertiary/aromatic N) is 8. The zero-order valence-electron chi connectivity index (χ0n) is 55.2. The zero-order chi connectivity index (χ0) is 65.3. The Bertz CT molecular complexity index is 2390. The van der Waals surface area contributed by atoms with E-state index in [1.165, 1.54) is 7.11 Å². The molecule has 0 atom stereocenters.